The Bertz CT molecular complexity index is 704. The first-order valence-electron chi connectivity index (χ1n) is 6.16. The van der Waals surface area contributed by atoms with Crippen LogP contribution in [0.25, 0.3) is 6.08 Å². The normalized spacial score (nSPS) is 16.3. The molecule has 0 N–H and O–H groups in total. The molecule has 1 saturated heterocycles. The van der Waals surface area contributed by atoms with E-state index in [1.807, 2.05) is 0 Å². The van der Waals surface area contributed by atoms with E-state index in [4.69, 9.17) is 12.2 Å². The van der Waals surface area contributed by atoms with Crippen molar-refractivity contribution in [1.29, 1.82) is 0 Å². The van der Waals surface area contributed by atoms with Crippen molar-refractivity contribution in [2.75, 3.05) is 0 Å². The summed E-state index contributed by atoms with van der Waals surface area (Å²) in [7, 11) is 0. The summed E-state index contributed by atoms with van der Waals surface area (Å²) in [6, 6.07) is 5.69. The second-order valence-corrected chi connectivity index (χ2v) is 6.07. The van der Waals surface area contributed by atoms with Gasteiger partial charge in [-0.3, -0.25) is 14.4 Å². The van der Waals surface area contributed by atoms with E-state index in [9.17, 15) is 18.8 Å². The second kappa shape index (κ2) is 6.37. The van der Waals surface area contributed by atoms with E-state index in [-0.39, 0.29) is 9.23 Å². The number of hydrogen-bond acceptors (Lipinski definition) is 5. The van der Waals surface area contributed by atoms with Crippen molar-refractivity contribution < 1.29 is 18.8 Å². The van der Waals surface area contributed by atoms with E-state index in [1.54, 1.807) is 6.07 Å². The molecule has 0 radical (unpaired) electrons. The molecule has 5 nitrogen and oxygen atoms in total. The maximum Gasteiger partial charge on any atom is 0.285 e. The lowest BCUT2D eigenvalue weighted by molar-refractivity contribution is -0.160. The Hall–Kier alpha value is -2.06. The number of hydrazine groups is 1. The van der Waals surface area contributed by atoms with E-state index >= 15 is 0 Å². The molecule has 1 aliphatic heterocycles. The van der Waals surface area contributed by atoms with Crippen molar-refractivity contribution in [1.82, 2.24) is 10.0 Å². The molecule has 1 aromatic rings. The number of carbonyl (C=O) groups is 3. The summed E-state index contributed by atoms with van der Waals surface area (Å²) < 4.78 is 13.2. The lowest BCUT2D eigenvalue weighted by atomic mass is 10.2. The Morgan fingerprint density at radius 3 is 2.50 bits per heavy atom. The summed E-state index contributed by atoms with van der Waals surface area (Å²) in [4.78, 5) is 35.7. The molecule has 0 bridgehead atoms. The van der Waals surface area contributed by atoms with Crippen LogP contribution in [-0.4, -0.2) is 32.1 Å². The smallest absolute Gasteiger partial charge is 0.273 e. The van der Waals surface area contributed by atoms with E-state index < -0.39 is 23.5 Å². The number of amides is 3. The SMILES string of the molecule is CC(=O)N(C(C)=O)N1C(=O)C(=Cc2cccc(F)c2)SC1=S. The highest BCUT2D eigenvalue weighted by Gasteiger charge is 2.39. The number of halogens is 1. The van der Waals surface area contributed by atoms with Gasteiger partial charge in [0, 0.05) is 13.8 Å². The molecule has 1 heterocycles. The minimum absolute atomic E-state index is 0.0676. The Morgan fingerprint density at radius 2 is 1.95 bits per heavy atom. The molecule has 2 rings (SSSR count). The van der Waals surface area contributed by atoms with Gasteiger partial charge in [-0.15, -0.1) is 0 Å². The van der Waals surface area contributed by atoms with E-state index in [1.165, 1.54) is 24.3 Å². The van der Waals surface area contributed by atoms with Gasteiger partial charge in [0.15, 0.2) is 4.32 Å². The average Bonchev–Trinajstić information content (AvgIpc) is 2.66. The molecule has 0 atom stereocenters. The van der Waals surface area contributed by atoms with Crippen LogP contribution < -0.4 is 0 Å². The topological polar surface area (TPSA) is 57.7 Å². The number of carbonyl (C=O) groups excluding carboxylic acids is 3. The molecule has 0 saturated carbocycles. The van der Waals surface area contributed by atoms with Gasteiger partial charge in [0.25, 0.3) is 5.91 Å². The third-order valence-electron chi connectivity index (χ3n) is 2.72. The Kier molecular flexibility index (Phi) is 4.72. The highest BCUT2D eigenvalue weighted by molar-refractivity contribution is 8.26. The number of imide groups is 1. The molecule has 8 heteroatoms. The van der Waals surface area contributed by atoms with Crippen LogP contribution in [0.5, 0.6) is 0 Å². The minimum Gasteiger partial charge on any atom is -0.273 e. The maximum atomic E-state index is 13.2. The maximum absolute atomic E-state index is 13.2. The van der Waals surface area contributed by atoms with Gasteiger partial charge >= 0.3 is 0 Å². The van der Waals surface area contributed by atoms with Crippen LogP contribution in [0, 0.1) is 5.82 Å². The predicted molar refractivity (Wildman–Crippen MR) is 84.6 cm³/mol. The third-order valence-corrected chi connectivity index (χ3v) is 4.00. The number of rotatable bonds is 2. The lowest BCUT2D eigenvalue weighted by Gasteiger charge is -2.26. The zero-order valence-corrected chi connectivity index (χ0v) is 13.3. The first-order chi connectivity index (χ1) is 10.3. The summed E-state index contributed by atoms with van der Waals surface area (Å²) >= 11 is 6.00. The first kappa shape index (κ1) is 16.3. The summed E-state index contributed by atoms with van der Waals surface area (Å²) in [6.07, 6.45) is 1.46. The third kappa shape index (κ3) is 3.23. The number of benzene rings is 1. The highest BCUT2D eigenvalue weighted by Crippen LogP contribution is 2.33. The molecule has 0 spiro atoms. The standard InChI is InChI=1S/C14H11FN2O3S2/c1-8(18)16(9(2)19)17-13(20)12(22-14(17)21)7-10-4-3-5-11(15)6-10/h3-7H,1-2H3. The van der Waals surface area contributed by atoms with Gasteiger partial charge in [0.1, 0.15) is 5.82 Å². The van der Waals surface area contributed by atoms with Crippen LogP contribution in [0.1, 0.15) is 19.4 Å². The van der Waals surface area contributed by atoms with Crippen molar-refractivity contribution >= 4 is 52.1 Å². The average molecular weight is 338 g/mol. The van der Waals surface area contributed by atoms with Crippen LogP contribution in [0.3, 0.4) is 0 Å². The van der Waals surface area contributed by atoms with Crippen LogP contribution in [-0.2, 0) is 14.4 Å². The zero-order chi connectivity index (χ0) is 16.4. The minimum atomic E-state index is -0.615. The molecule has 0 aromatic heterocycles. The summed E-state index contributed by atoms with van der Waals surface area (Å²) in [5, 5.41) is 1.54. The van der Waals surface area contributed by atoms with Crippen molar-refractivity contribution in [3.05, 3.63) is 40.6 Å². The monoisotopic (exact) mass is 338 g/mol. The Balaban J connectivity index is 2.36. The van der Waals surface area contributed by atoms with Gasteiger partial charge in [-0.25, -0.2) is 4.39 Å². The van der Waals surface area contributed by atoms with Gasteiger partial charge in [0.2, 0.25) is 11.8 Å². The number of hydrogen-bond donors (Lipinski definition) is 0. The van der Waals surface area contributed by atoms with Gasteiger partial charge in [-0.1, -0.05) is 23.9 Å². The highest BCUT2D eigenvalue weighted by atomic mass is 32.2. The second-order valence-electron chi connectivity index (χ2n) is 4.40. The molecule has 0 unspecified atom stereocenters. The molecule has 3 amide bonds. The zero-order valence-electron chi connectivity index (χ0n) is 11.7. The fourth-order valence-corrected chi connectivity index (χ4v) is 3.12. The molecule has 1 aliphatic rings. The largest absolute Gasteiger partial charge is 0.285 e. The molecule has 0 aliphatic carbocycles. The quantitative estimate of drug-likeness (QED) is 0.612. The number of nitrogens with zero attached hydrogens (tertiary/aromatic N) is 2. The molecular weight excluding hydrogens is 327 g/mol. The van der Waals surface area contributed by atoms with Crippen LogP contribution >= 0.6 is 24.0 Å². The van der Waals surface area contributed by atoms with Crippen LogP contribution in [0.15, 0.2) is 29.2 Å². The molecule has 22 heavy (non-hydrogen) atoms. The van der Waals surface area contributed by atoms with Crippen molar-refractivity contribution in [2.24, 2.45) is 0 Å². The van der Waals surface area contributed by atoms with Crippen molar-refractivity contribution in [3.63, 3.8) is 0 Å². The molecule has 1 aromatic carbocycles. The molecule has 1 fully saturated rings. The Morgan fingerprint density at radius 1 is 1.32 bits per heavy atom. The fraction of sp³-hybridized carbons (Fsp3) is 0.143. The molecule has 114 valence electrons. The Labute approximate surface area is 135 Å². The predicted octanol–water partition coefficient (Wildman–Crippen LogP) is 2.34. The van der Waals surface area contributed by atoms with Crippen molar-refractivity contribution in [2.45, 2.75) is 13.8 Å². The van der Waals surface area contributed by atoms with E-state index in [0.717, 1.165) is 30.6 Å². The van der Waals surface area contributed by atoms with Gasteiger partial charge in [0.05, 0.1) is 4.91 Å². The van der Waals surface area contributed by atoms with Crippen LogP contribution in [0.2, 0.25) is 0 Å². The van der Waals surface area contributed by atoms with E-state index in [2.05, 4.69) is 0 Å². The first-order valence-corrected chi connectivity index (χ1v) is 7.38. The van der Waals surface area contributed by atoms with Gasteiger partial charge < -0.3 is 0 Å². The lowest BCUT2D eigenvalue weighted by Crippen LogP contribution is -2.50. The molecular formula is C14H11FN2O3S2. The number of thioether (sulfide) groups is 1. The fourth-order valence-electron chi connectivity index (χ4n) is 1.88. The summed E-state index contributed by atoms with van der Waals surface area (Å²) in [6.45, 7) is 2.33. The van der Waals surface area contributed by atoms with E-state index in [0.29, 0.717) is 10.6 Å². The van der Waals surface area contributed by atoms with Gasteiger partial charge in [-0.05, 0) is 36.0 Å². The number of thiocarbonyl (C=S) groups is 1. The van der Waals surface area contributed by atoms with Crippen LogP contribution in [0.4, 0.5) is 4.39 Å². The van der Waals surface area contributed by atoms with Crippen molar-refractivity contribution in [3.8, 4) is 0 Å². The summed E-state index contributed by atoms with van der Waals surface area (Å²) in [5.74, 6) is -2.26. The van der Waals surface area contributed by atoms with Gasteiger partial charge in [-0.2, -0.15) is 10.0 Å². The summed E-state index contributed by atoms with van der Waals surface area (Å²) in [5.41, 5.74) is 0.484.